The minimum atomic E-state index is -3.89. The Bertz CT molecular complexity index is 1680. The lowest BCUT2D eigenvalue weighted by atomic mass is 9.98. The zero-order valence-corrected chi connectivity index (χ0v) is 31.0. The van der Waals surface area contributed by atoms with E-state index in [2.05, 4.69) is 73.0 Å². The van der Waals surface area contributed by atoms with E-state index in [1.54, 1.807) is 30.3 Å². The number of aromatic amines is 1. The number of hydrogen-bond donors (Lipinski definition) is 3. The van der Waals surface area contributed by atoms with Crippen LogP contribution in [0.3, 0.4) is 0 Å². The first-order chi connectivity index (χ1) is 25.1. The Balaban J connectivity index is 1.38. The summed E-state index contributed by atoms with van der Waals surface area (Å²) in [6.07, 6.45) is 24.6. The highest BCUT2D eigenvalue weighted by molar-refractivity contribution is 7.54. The molecule has 2 heterocycles. The van der Waals surface area contributed by atoms with Crippen molar-refractivity contribution in [1.82, 2.24) is 14.9 Å². The number of rotatable bonds is 23. The predicted octanol–water partition coefficient (Wildman–Crippen LogP) is 7.24. The Kier molecular flexibility index (Phi) is 18.5. The van der Waals surface area contributed by atoms with Gasteiger partial charge in [0.1, 0.15) is 18.0 Å². The van der Waals surface area contributed by atoms with Gasteiger partial charge in [-0.3, -0.25) is 23.7 Å². The summed E-state index contributed by atoms with van der Waals surface area (Å²) in [4.78, 5) is 38.2. The van der Waals surface area contributed by atoms with E-state index in [4.69, 9.17) is 13.8 Å². The van der Waals surface area contributed by atoms with Crippen molar-refractivity contribution < 1.29 is 32.6 Å². The number of H-pyrrole nitrogens is 1. The van der Waals surface area contributed by atoms with Crippen molar-refractivity contribution in [2.45, 2.75) is 95.7 Å². The number of unbranched alkanes of at least 4 members (excludes halogenated alkanes) is 1. The van der Waals surface area contributed by atoms with Crippen LogP contribution in [0.2, 0.25) is 0 Å². The van der Waals surface area contributed by atoms with E-state index >= 15 is 4.39 Å². The number of aliphatic hydroxyl groups excluding tert-OH is 1. The predicted molar refractivity (Wildman–Crippen MR) is 202 cm³/mol. The molecule has 3 N–H and O–H groups in total. The molecule has 0 radical (unpaired) electrons. The average molecular weight is 742 g/mol. The number of aromatic nitrogens is 2. The molecule has 3 rings (SSSR count). The largest absolute Gasteiger partial charge is 0.424 e. The first kappa shape index (κ1) is 42.3. The maximum atomic E-state index is 15.6. The Morgan fingerprint density at radius 3 is 2.21 bits per heavy atom. The molecule has 1 aliphatic rings. The van der Waals surface area contributed by atoms with Crippen LogP contribution in [-0.4, -0.2) is 57.8 Å². The number of benzene rings is 1. The lowest BCUT2D eigenvalue weighted by molar-refractivity contribution is -0.121. The molecule has 284 valence electrons. The Labute approximate surface area is 305 Å². The fourth-order valence-electron chi connectivity index (χ4n) is 5.27. The van der Waals surface area contributed by atoms with Crippen molar-refractivity contribution in [3.8, 4) is 5.75 Å². The number of carbonyl (C=O) groups is 1. The second-order valence-corrected chi connectivity index (χ2v) is 14.6. The molecule has 0 spiro atoms. The van der Waals surface area contributed by atoms with E-state index in [1.807, 2.05) is 4.98 Å². The third-order valence-corrected chi connectivity index (χ3v) is 10.0. The topological polar surface area (TPSA) is 149 Å². The highest BCUT2D eigenvalue weighted by Crippen LogP contribution is 2.50. The van der Waals surface area contributed by atoms with Gasteiger partial charge < -0.3 is 19.7 Å². The molecule has 0 saturated carbocycles. The Morgan fingerprint density at radius 1 is 0.981 bits per heavy atom. The first-order valence-electron chi connectivity index (χ1n) is 17.9. The van der Waals surface area contributed by atoms with Crippen molar-refractivity contribution in [2.75, 3.05) is 19.3 Å². The van der Waals surface area contributed by atoms with Crippen LogP contribution < -0.4 is 21.1 Å². The van der Waals surface area contributed by atoms with E-state index in [1.165, 1.54) is 0 Å². The molecule has 5 atom stereocenters. The highest BCUT2D eigenvalue weighted by Gasteiger charge is 2.55. The van der Waals surface area contributed by atoms with Gasteiger partial charge in [-0.15, -0.1) is 0 Å². The van der Waals surface area contributed by atoms with E-state index in [9.17, 15) is 24.1 Å². The van der Waals surface area contributed by atoms with Gasteiger partial charge in [-0.2, -0.15) is 0 Å². The number of ether oxygens (including phenoxy) is 1. The highest BCUT2D eigenvalue weighted by atomic mass is 31.2. The van der Waals surface area contributed by atoms with Gasteiger partial charge in [-0.05, 0) is 70.4 Å². The van der Waals surface area contributed by atoms with Crippen molar-refractivity contribution >= 4 is 13.5 Å². The normalized spacial score (nSPS) is 22.0. The third kappa shape index (κ3) is 14.9. The van der Waals surface area contributed by atoms with E-state index in [0.717, 1.165) is 62.3 Å². The summed E-state index contributed by atoms with van der Waals surface area (Å²) >= 11 is 0. The summed E-state index contributed by atoms with van der Waals surface area (Å²) in [5.74, 6) is 0.158. The third-order valence-electron chi connectivity index (χ3n) is 8.11. The molecule has 1 unspecified atom stereocenters. The molecular formula is C39H53FN3O8P. The van der Waals surface area contributed by atoms with Crippen LogP contribution in [-0.2, 0) is 18.6 Å². The van der Waals surface area contributed by atoms with Gasteiger partial charge >= 0.3 is 13.3 Å². The molecule has 2 aromatic rings. The zero-order chi connectivity index (χ0) is 37.7. The van der Waals surface area contributed by atoms with Gasteiger partial charge in [0.05, 0.1) is 12.8 Å². The number of allylic oxidation sites excluding steroid dienone is 10. The summed E-state index contributed by atoms with van der Waals surface area (Å²) in [5.41, 5.74) is -4.03. The zero-order valence-electron chi connectivity index (χ0n) is 30.1. The number of carbonyl (C=O) groups excluding carboxylic acids is 1. The molecule has 13 heteroatoms. The van der Waals surface area contributed by atoms with Gasteiger partial charge in [0.15, 0.2) is 11.9 Å². The number of halogens is 1. The van der Waals surface area contributed by atoms with Crippen molar-refractivity contribution in [1.29, 1.82) is 0 Å². The van der Waals surface area contributed by atoms with E-state index < -0.39 is 49.6 Å². The molecular weight excluding hydrogens is 688 g/mol. The molecule has 1 fully saturated rings. The summed E-state index contributed by atoms with van der Waals surface area (Å²) in [5, 5.41) is 13.5. The van der Waals surface area contributed by atoms with Gasteiger partial charge in [0, 0.05) is 25.2 Å². The smallest absolute Gasteiger partial charge is 0.379 e. The molecule has 1 aromatic heterocycles. The second-order valence-electron chi connectivity index (χ2n) is 12.5. The number of para-hydroxylation sites is 1. The molecule has 11 nitrogen and oxygen atoms in total. The molecule has 1 amide bonds. The molecule has 1 saturated heterocycles. The number of amides is 1. The van der Waals surface area contributed by atoms with Crippen LogP contribution in [0, 0.1) is 0 Å². The van der Waals surface area contributed by atoms with Crippen LogP contribution in [0.25, 0.3) is 0 Å². The molecule has 1 aliphatic heterocycles. The van der Waals surface area contributed by atoms with Crippen molar-refractivity contribution in [3.05, 3.63) is 124 Å². The molecule has 52 heavy (non-hydrogen) atoms. The minimum absolute atomic E-state index is 0.0826. The van der Waals surface area contributed by atoms with Gasteiger partial charge in [0.2, 0.25) is 5.91 Å². The lowest BCUT2D eigenvalue weighted by Crippen LogP contribution is -2.43. The Morgan fingerprint density at radius 2 is 1.60 bits per heavy atom. The summed E-state index contributed by atoms with van der Waals surface area (Å²) in [6, 6.07) is 9.40. The van der Waals surface area contributed by atoms with Crippen LogP contribution in [0.4, 0.5) is 4.39 Å². The fourth-order valence-corrected chi connectivity index (χ4v) is 6.90. The van der Waals surface area contributed by atoms with Crippen LogP contribution in [0.1, 0.15) is 77.9 Å². The van der Waals surface area contributed by atoms with Crippen molar-refractivity contribution in [2.24, 2.45) is 0 Å². The summed E-state index contributed by atoms with van der Waals surface area (Å²) < 4.78 is 47.4. The van der Waals surface area contributed by atoms with Gasteiger partial charge in [0.25, 0.3) is 5.56 Å². The molecule has 1 aromatic carbocycles. The summed E-state index contributed by atoms with van der Waals surface area (Å²) in [7, 11) is -3.89. The molecule has 0 aliphatic carbocycles. The maximum absolute atomic E-state index is 15.6. The monoisotopic (exact) mass is 741 g/mol. The lowest BCUT2D eigenvalue weighted by Gasteiger charge is -2.24. The minimum Gasteiger partial charge on any atom is -0.424 e. The standard InChI is InChI=1S/C39H53FN3O8P/c1-3-4-5-6-7-8-9-10-11-12-13-14-15-16-17-18-22-26-34(44)41-28-23-30-52(48,51-32-24-20-19-21-25-32)49-31-33-36(46)39(2,40)37(50-33)43-29-27-35(45)42-38(43)47/h4-5,7-8,10-11,13-14,16-17,19-21,24-25,27,29,33,36-37,46H,3,6,9,12,15,18,22-23,26,28,30-31H2,1-2H3,(H,41,44)(H,42,45,47)/b5-4-,8-7-,11-10-,14-13-,17-16-/t33-,36-,37-,39-,52?/m1/s1. The van der Waals surface area contributed by atoms with Crippen LogP contribution >= 0.6 is 7.60 Å². The average Bonchev–Trinajstić information content (AvgIpc) is 3.34. The van der Waals surface area contributed by atoms with Gasteiger partial charge in [-0.1, -0.05) is 85.9 Å². The maximum Gasteiger partial charge on any atom is 0.379 e. The van der Waals surface area contributed by atoms with Crippen molar-refractivity contribution in [3.63, 3.8) is 0 Å². The number of hydrogen-bond acceptors (Lipinski definition) is 8. The molecule has 0 bridgehead atoms. The van der Waals surface area contributed by atoms with E-state index in [0.29, 0.717) is 12.8 Å². The SMILES string of the molecule is CC/C=C\C/C=C\C/C=C\C/C=C\C/C=C\CCCC(=O)NCCCP(=O)(OC[C@H]1O[C@@H](n2ccc(=O)[nH]c2=O)[C@](C)(F)[C@@H]1O)Oc1ccccc1. The quantitative estimate of drug-likeness (QED) is 0.0614. The Hall–Kier alpha value is -4.09. The van der Waals surface area contributed by atoms with E-state index in [-0.39, 0.29) is 30.8 Å². The number of nitrogens with zero attached hydrogens (tertiary/aromatic N) is 1. The number of alkyl halides is 1. The second kappa shape index (κ2) is 22.8. The summed E-state index contributed by atoms with van der Waals surface area (Å²) in [6.45, 7) is 2.91. The van der Waals surface area contributed by atoms with Crippen LogP contribution in [0.5, 0.6) is 5.75 Å². The van der Waals surface area contributed by atoms with Crippen LogP contribution in [0.15, 0.2) is 113 Å². The first-order valence-corrected chi connectivity index (χ1v) is 19.6. The van der Waals surface area contributed by atoms with Gasteiger partial charge in [-0.25, -0.2) is 13.8 Å². The number of aliphatic hydroxyl groups is 1. The fraction of sp³-hybridized carbons (Fsp3) is 0.462. The number of nitrogens with one attached hydrogen (secondary N) is 2.